The van der Waals surface area contributed by atoms with Gasteiger partial charge in [0.2, 0.25) is 0 Å². The van der Waals surface area contributed by atoms with Crippen molar-refractivity contribution in [2.24, 2.45) is 0 Å². The zero-order valence-corrected chi connectivity index (χ0v) is 14.7. The molecule has 128 valence electrons. The first-order valence-corrected chi connectivity index (χ1v) is 8.84. The largest absolute Gasteiger partial charge is 0.493 e. The normalized spacial score (nSPS) is 14.8. The quantitative estimate of drug-likeness (QED) is 0.806. The van der Waals surface area contributed by atoms with Crippen LogP contribution >= 0.6 is 0 Å². The van der Waals surface area contributed by atoms with Gasteiger partial charge in [-0.3, -0.25) is 0 Å². The monoisotopic (exact) mass is 325 g/mol. The lowest BCUT2D eigenvalue weighted by atomic mass is 10.1. The number of rotatable bonds is 7. The first-order valence-electron chi connectivity index (χ1n) is 8.84. The van der Waals surface area contributed by atoms with E-state index in [4.69, 9.17) is 9.47 Å². The van der Waals surface area contributed by atoms with E-state index in [1.807, 2.05) is 12.1 Å². The SMILES string of the molecule is COc1cccc(CNC2CCCC2)c1OCc1cccc(C)c1. The van der Waals surface area contributed by atoms with Crippen LogP contribution in [0.2, 0.25) is 0 Å². The molecule has 1 fully saturated rings. The van der Waals surface area contributed by atoms with Gasteiger partial charge in [-0.15, -0.1) is 0 Å². The summed E-state index contributed by atoms with van der Waals surface area (Å²) in [4.78, 5) is 0. The Kier molecular flexibility index (Phi) is 5.76. The Morgan fingerprint density at radius 1 is 1.08 bits per heavy atom. The number of nitrogens with one attached hydrogen (secondary N) is 1. The average Bonchev–Trinajstić information content (AvgIpc) is 3.12. The average molecular weight is 325 g/mol. The Hall–Kier alpha value is -2.00. The molecule has 2 aromatic rings. The lowest BCUT2D eigenvalue weighted by Gasteiger charge is -2.17. The number of ether oxygens (including phenoxy) is 2. The highest BCUT2D eigenvalue weighted by molar-refractivity contribution is 5.46. The molecule has 0 bridgehead atoms. The van der Waals surface area contributed by atoms with Gasteiger partial charge in [0.25, 0.3) is 0 Å². The van der Waals surface area contributed by atoms with Gasteiger partial charge in [0, 0.05) is 18.2 Å². The van der Waals surface area contributed by atoms with Gasteiger partial charge in [-0.25, -0.2) is 0 Å². The molecule has 3 nitrogen and oxygen atoms in total. The number of para-hydroxylation sites is 1. The van der Waals surface area contributed by atoms with Crippen LogP contribution in [0.5, 0.6) is 11.5 Å². The maximum absolute atomic E-state index is 6.15. The third kappa shape index (κ3) is 4.30. The zero-order valence-electron chi connectivity index (χ0n) is 14.7. The lowest BCUT2D eigenvalue weighted by molar-refractivity contribution is 0.280. The maximum Gasteiger partial charge on any atom is 0.166 e. The smallest absolute Gasteiger partial charge is 0.166 e. The molecule has 2 aromatic carbocycles. The second kappa shape index (κ2) is 8.20. The summed E-state index contributed by atoms with van der Waals surface area (Å²) in [6.07, 6.45) is 5.24. The van der Waals surface area contributed by atoms with Gasteiger partial charge in [-0.2, -0.15) is 0 Å². The molecule has 0 heterocycles. The van der Waals surface area contributed by atoms with E-state index in [0.29, 0.717) is 12.6 Å². The summed E-state index contributed by atoms with van der Waals surface area (Å²) in [6, 6.07) is 15.2. The van der Waals surface area contributed by atoms with Gasteiger partial charge in [0.05, 0.1) is 7.11 Å². The molecule has 1 saturated carbocycles. The summed E-state index contributed by atoms with van der Waals surface area (Å²) in [7, 11) is 1.70. The van der Waals surface area contributed by atoms with E-state index in [-0.39, 0.29) is 0 Å². The highest BCUT2D eigenvalue weighted by Gasteiger charge is 2.16. The molecular formula is C21H27NO2. The molecule has 1 aliphatic carbocycles. The summed E-state index contributed by atoms with van der Waals surface area (Å²) < 4.78 is 11.7. The van der Waals surface area contributed by atoms with E-state index in [9.17, 15) is 0 Å². The molecule has 3 heteroatoms. The topological polar surface area (TPSA) is 30.5 Å². The van der Waals surface area contributed by atoms with E-state index in [2.05, 4.69) is 42.6 Å². The molecule has 0 aromatic heterocycles. The second-order valence-corrected chi connectivity index (χ2v) is 6.59. The first-order chi connectivity index (χ1) is 11.8. The minimum Gasteiger partial charge on any atom is -0.493 e. The van der Waals surface area contributed by atoms with Crippen LogP contribution in [0.15, 0.2) is 42.5 Å². The van der Waals surface area contributed by atoms with Crippen LogP contribution in [-0.4, -0.2) is 13.2 Å². The lowest BCUT2D eigenvalue weighted by Crippen LogP contribution is -2.25. The summed E-state index contributed by atoms with van der Waals surface area (Å²) >= 11 is 0. The molecule has 0 atom stereocenters. The maximum atomic E-state index is 6.15. The van der Waals surface area contributed by atoms with Crippen molar-refractivity contribution in [2.75, 3.05) is 7.11 Å². The fourth-order valence-corrected chi connectivity index (χ4v) is 3.37. The van der Waals surface area contributed by atoms with Gasteiger partial charge in [0.15, 0.2) is 11.5 Å². The van der Waals surface area contributed by atoms with Crippen molar-refractivity contribution in [3.05, 3.63) is 59.2 Å². The molecule has 1 N–H and O–H groups in total. The van der Waals surface area contributed by atoms with Crippen molar-refractivity contribution in [1.29, 1.82) is 0 Å². The van der Waals surface area contributed by atoms with Gasteiger partial charge < -0.3 is 14.8 Å². The molecule has 0 amide bonds. The van der Waals surface area contributed by atoms with Gasteiger partial charge in [0.1, 0.15) is 6.61 Å². The minimum atomic E-state index is 0.554. The Balaban J connectivity index is 1.71. The van der Waals surface area contributed by atoms with Crippen molar-refractivity contribution < 1.29 is 9.47 Å². The Morgan fingerprint density at radius 2 is 1.88 bits per heavy atom. The minimum absolute atomic E-state index is 0.554. The predicted octanol–water partition coefficient (Wildman–Crippen LogP) is 4.61. The van der Waals surface area contributed by atoms with Crippen LogP contribution in [0.25, 0.3) is 0 Å². The number of hydrogen-bond acceptors (Lipinski definition) is 3. The molecule has 0 unspecified atom stereocenters. The molecule has 0 spiro atoms. The molecule has 0 aliphatic heterocycles. The van der Waals surface area contributed by atoms with E-state index in [0.717, 1.165) is 23.6 Å². The van der Waals surface area contributed by atoms with Gasteiger partial charge in [-0.1, -0.05) is 54.8 Å². The molecule has 3 rings (SSSR count). The van der Waals surface area contributed by atoms with Crippen LogP contribution < -0.4 is 14.8 Å². The highest BCUT2D eigenvalue weighted by Crippen LogP contribution is 2.32. The molecule has 24 heavy (non-hydrogen) atoms. The van der Waals surface area contributed by atoms with Gasteiger partial charge in [-0.05, 0) is 31.4 Å². The zero-order chi connectivity index (χ0) is 16.8. The number of methoxy groups -OCH3 is 1. The van der Waals surface area contributed by atoms with Crippen molar-refractivity contribution in [3.63, 3.8) is 0 Å². The molecular weight excluding hydrogens is 298 g/mol. The van der Waals surface area contributed by atoms with E-state index < -0.39 is 0 Å². The first kappa shape index (κ1) is 16.8. The van der Waals surface area contributed by atoms with Crippen molar-refractivity contribution in [3.8, 4) is 11.5 Å². The summed E-state index contributed by atoms with van der Waals surface area (Å²) in [6.45, 7) is 3.48. The molecule has 1 aliphatic rings. The third-order valence-corrected chi connectivity index (χ3v) is 4.68. The van der Waals surface area contributed by atoms with Crippen molar-refractivity contribution in [2.45, 2.75) is 51.8 Å². The van der Waals surface area contributed by atoms with Crippen LogP contribution in [0.1, 0.15) is 42.4 Å². The fraction of sp³-hybridized carbons (Fsp3) is 0.429. The van der Waals surface area contributed by atoms with Crippen LogP contribution in [0, 0.1) is 6.92 Å². The second-order valence-electron chi connectivity index (χ2n) is 6.59. The van der Waals surface area contributed by atoms with Crippen LogP contribution in [0.3, 0.4) is 0 Å². The fourth-order valence-electron chi connectivity index (χ4n) is 3.37. The van der Waals surface area contributed by atoms with Crippen molar-refractivity contribution >= 4 is 0 Å². The molecule has 0 saturated heterocycles. The number of aryl methyl sites for hydroxylation is 1. The number of hydrogen-bond donors (Lipinski definition) is 1. The number of benzene rings is 2. The summed E-state index contributed by atoms with van der Waals surface area (Å²) in [5, 5.41) is 3.66. The predicted molar refractivity (Wildman–Crippen MR) is 97.6 cm³/mol. The summed E-state index contributed by atoms with van der Waals surface area (Å²) in [5.74, 6) is 1.65. The third-order valence-electron chi connectivity index (χ3n) is 4.68. The van der Waals surface area contributed by atoms with Gasteiger partial charge >= 0.3 is 0 Å². The van der Waals surface area contributed by atoms with E-state index >= 15 is 0 Å². The van der Waals surface area contributed by atoms with Crippen LogP contribution in [0.4, 0.5) is 0 Å². The Labute approximate surface area is 145 Å². The van der Waals surface area contributed by atoms with Crippen molar-refractivity contribution in [1.82, 2.24) is 5.32 Å². The van der Waals surface area contributed by atoms with Crippen LogP contribution in [-0.2, 0) is 13.2 Å². The summed E-state index contributed by atoms with van der Waals surface area (Å²) in [5.41, 5.74) is 3.59. The molecule has 0 radical (unpaired) electrons. The van der Waals surface area contributed by atoms with E-state index in [1.165, 1.54) is 36.8 Å². The Bertz CT molecular complexity index is 663. The standard InChI is InChI=1S/C21H27NO2/c1-16-7-5-8-17(13-16)15-24-21-18(9-6-12-20(21)23-2)14-22-19-10-3-4-11-19/h5-9,12-13,19,22H,3-4,10-11,14-15H2,1-2H3. The Morgan fingerprint density at radius 3 is 2.62 bits per heavy atom. The van der Waals surface area contributed by atoms with E-state index in [1.54, 1.807) is 7.11 Å². The highest BCUT2D eigenvalue weighted by atomic mass is 16.5.